The molecular weight excluding hydrogens is 254 g/mol. The van der Waals surface area contributed by atoms with Crippen molar-refractivity contribution in [2.45, 2.75) is 57.9 Å². The summed E-state index contributed by atoms with van der Waals surface area (Å²) >= 11 is 3.44. The van der Waals surface area contributed by atoms with Crippen LogP contribution in [0.5, 0.6) is 0 Å². The number of alkyl halides is 1. The van der Waals surface area contributed by atoms with Crippen LogP contribution in [0.2, 0.25) is 0 Å². The molecule has 1 aliphatic rings. The van der Waals surface area contributed by atoms with Crippen LogP contribution < -0.4 is 0 Å². The van der Waals surface area contributed by atoms with Crippen LogP contribution in [0.4, 0.5) is 0 Å². The summed E-state index contributed by atoms with van der Waals surface area (Å²) in [6.07, 6.45) is 7.90. The normalized spacial score (nSPS) is 16.9. The first-order valence-electron chi connectivity index (χ1n) is 6.15. The van der Waals surface area contributed by atoms with E-state index < -0.39 is 0 Å². The third-order valence-corrected chi connectivity index (χ3v) is 3.51. The van der Waals surface area contributed by atoms with Gasteiger partial charge >= 0.3 is 0 Å². The monoisotopic (exact) mass is 275 g/mol. The van der Waals surface area contributed by atoms with Crippen LogP contribution in [0.25, 0.3) is 0 Å². The standard InChI is InChI=1S/C12H22BrNO/c1-2-3-8-12(15)14(10-9-13)11-6-4-5-7-11/h11H,2-10H2,1H3. The molecule has 88 valence electrons. The van der Waals surface area contributed by atoms with Crippen molar-refractivity contribution in [1.29, 1.82) is 0 Å². The van der Waals surface area contributed by atoms with Gasteiger partial charge in [0.05, 0.1) is 0 Å². The minimum absolute atomic E-state index is 0.364. The zero-order chi connectivity index (χ0) is 11.1. The third kappa shape index (κ3) is 4.13. The Morgan fingerprint density at radius 3 is 2.60 bits per heavy atom. The Kier molecular flexibility index (Phi) is 6.30. The molecule has 0 aromatic rings. The van der Waals surface area contributed by atoms with Gasteiger partial charge < -0.3 is 4.90 Å². The second-order valence-corrected chi connectivity index (χ2v) is 5.11. The molecule has 3 heteroatoms. The van der Waals surface area contributed by atoms with Gasteiger partial charge in [0, 0.05) is 24.3 Å². The molecule has 2 nitrogen and oxygen atoms in total. The Morgan fingerprint density at radius 1 is 1.40 bits per heavy atom. The molecule has 1 aliphatic carbocycles. The maximum atomic E-state index is 12.0. The number of rotatable bonds is 6. The summed E-state index contributed by atoms with van der Waals surface area (Å²) in [4.78, 5) is 14.1. The number of hydrogen-bond donors (Lipinski definition) is 0. The number of carbonyl (C=O) groups is 1. The largest absolute Gasteiger partial charge is 0.339 e. The van der Waals surface area contributed by atoms with Crippen LogP contribution in [0.15, 0.2) is 0 Å². The predicted molar refractivity (Wildman–Crippen MR) is 67.3 cm³/mol. The van der Waals surface area contributed by atoms with Gasteiger partial charge in [-0.2, -0.15) is 0 Å². The van der Waals surface area contributed by atoms with Gasteiger partial charge in [-0.1, -0.05) is 42.1 Å². The lowest BCUT2D eigenvalue weighted by molar-refractivity contribution is -0.133. The molecule has 0 atom stereocenters. The van der Waals surface area contributed by atoms with E-state index in [2.05, 4.69) is 27.8 Å². The van der Waals surface area contributed by atoms with Gasteiger partial charge in [0.1, 0.15) is 0 Å². The molecular formula is C12H22BrNO. The van der Waals surface area contributed by atoms with Gasteiger partial charge in [-0.05, 0) is 19.3 Å². The van der Waals surface area contributed by atoms with Crippen molar-refractivity contribution < 1.29 is 4.79 Å². The number of carbonyl (C=O) groups excluding carboxylic acids is 1. The molecule has 1 amide bonds. The summed E-state index contributed by atoms with van der Waals surface area (Å²) in [6, 6.07) is 0.534. The topological polar surface area (TPSA) is 20.3 Å². The molecule has 0 unspecified atom stereocenters. The van der Waals surface area contributed by atoms with Crippen molar-refractivity contribution in [3.8, 4) is 0 Å². The second-order valence-electron chi connectivity index (χ2n) is 4.32. The Morgan fingerprint density at radius 2 is 2.07 bits per heavy atom. The summed E-state index contributed by atoms with van der Waals surface area (Å²) in [5.74, 6) is 0.364. The van der Waals surface area contributed by atoms with Gasteiger partial charge in [-0.25, -0.2) is 0 Å². The third-order valence-electron chi connectivity index (χ3n) is 3.16. The smallest absolute Gasteiger partial charge is 0.222 e. The molecule has 0 N–H and O–H groups in total. The van der Waals surface area contributed by atoms with Crippen molar-refractivity contribution in [3.63, 3.8) is 0 Å². The highest BCUT2D eigenvalue weighted by molar-refractivity contribution is 9.09. The van der Waals surface area contributed by atoms with Gasteiger partial charge in [0.15, 0.2) is 0 Å². The summed E-state index contributed by atoms with van der Waals surface area (Å²) in [7, 11) is 0. The molecule has 0 radical (unpaired) electrons. The highest BCUT2D eigenvalue weighted by Crippen LogP contribution is 2.24. The number of unbranched alkanes of at least 4 members (excludes halogenated alkanes) is 1. The van der Waals surface area contributed by atoms with E-state index in [-0.39, 0.29) is 0 Å². The van der Waals surface area contributed by atoms with E-state index in [1.54, 1.807) is 0 Å². The lowest BCUT2D eigenvalue weighted by atomic mass is 10.1. The molecule has 1 fully saturated rings. The van der Waals surface area contributed by atoms with E-state index in [0.717, 1.165) is 31.1 Å². The molecule has 0 bridgehead atoms. The highest BCUT2D eigenvalue weighted by atomic mass is 79.9. The predicted octanol–water partition coefficient (Wildman–Crippen LogP) is 3.34. The number of nitrogens with zero attached hydrogens (tertiary/aromatic N) is 1. The molecule has 15 heavy (non-hydrogen) atoms. The van der Waals surface area contributed by atoms with Gasteiger partial charge in [-0.15, -0.1) is 0 Å². The molecule has 0 spiro atoms. The fourth-order valence-electron chi connectivity index (χ4n) is 2.29. The van der Waals surface area contributed by atoms with Crippen molar-refractivity contribution in [3.05, 3.63) is 0 Å². The van der Waals surface area contributed by atoms with Gasteiger partial charge in [0.25, 0.3) is 0 Å². The van der Waals surface area contributed by atoms with Crippen LogP contribution in [0.1, 0.15) is 51.9 Å². The Balaban J connectivity index is 2.43. The van der Waals surface area contributed by atoms with Gasteiger partial charge in [0.2, 0.25) is 5.91 Å². The molecule has 0 saturated heterocycles. The maximum absolute atomic E-state index is 12.0. The Hall–Kier alpha value is -0.0500. The van der Waals surface area contributed by atoms with Crippen LogP contribution in [0, 0.1) is 0 Å². The Bertz CT molecular complexity index is 190. The van der Waals surface area contributed by atoms with Crippen LogP contribution in [-0.2, 0) is 4.79 Å². The minimum atomic E-state index is 0.364. The van der Waals surface area contributed by atoms with E-state index in [1.165, 1.54) is 25.7 Å². The molecule has 0 aromatic carbocycles. The highest BCUT2D eigenvalue weighted by Gasteiger charge is 2.25. The van der Waals surface area contributed by atoms with E-state index >= 15 is 0 Å². The second kappa shape index (κ2) is 7.26. The van der Waals surface area contributed by atoms with Gasteiger partial charge in [-0.3, -0.25) is 4.79 Å². The summed E-state index contributed by atoms with van der Waals surface area (Å²) < 4.78 is 0. The average Bonchev–Trinajstić information content (AvgIpc) is 2.75. The average molecular weight is 276 g/mol. The quantitative estimate of drug-likeness (QED) is 0.681. The number of halogens is 1. The van der Waals surface area contributed by atoms with Crippen molar-refractivity contribution in [2.75, 3.05) is 11.9 Å². The van der Waals surface area contributed by atoms with Crippen LogP contribution >= 0.6 is 15.9 Å². The molecule has 0 aliphatic heterocycles. The Labute approximate surface area is 102 Å². The first kappa shape index (κ1) is 13.0. The van der Waals surface area contributed by atoms with Crippen LogP contribution in [-0.4, -0.2) is 28.7 Å². The fraction of sp³-hybridized carbons (Fsp3) is 0.917. The fourth-order valence-corrected chi connectivity index (χ4v) is 2.67. The number of hydrogen-bond acceptors (Lipinski definition) is 1. The number of amides is 1. The molecule has 1 rings (SSSR count). The molecule has 0 aromatic heterocycles. The van der Waals surface area contributed by atoms with E-state index in [0.29, 0.717) is 11.9 Å². The maximum Gasteiger partial charge on any atom is 0.222 e. The summed E-state index contributed by atoms with van der Waals surface area (Å²) in [5, 5.41) is 0.904. The zero-order valence-electron chi connectivity index (χ0n) is 9.67. The SMILES string of the molecule is CCCCC(=O)N(CCBr)C1CCCC1. The first-order valence-corrected chi connectivity index (χ1v) is 7.27. The summed E-state index contributed by atoms with van der Waals surface area (Å²) in [6.45, 7) is 3.02. The van der Waals surface area contributed by atoms with E-state index in [4.69, 9.17) is 0 Å². The lowest BCUT2D eigenvalue weighted by Gasteiger charge is -2.28. The molecule has 0 heterocycles. The zero-order valence-corrected chi connectivity index (χ0v) is 11.3. The van der Waals surface area contributed by atoms with E-state index in [1.807, 2.05) is 0 Å². The van der Waals surface area contributed by atoms with Crippen molar-refractivity contribution in [2.24, 2.45) is 0 Å². The van der Waals surface area contributed by atoms with Crippen LogP contribution in [0.3, 0.4) is 0 Å². The van der Waals surface area contributed by atoms with Crippen molar-refractivity contribution in [1.82, 2.24) is 4.90 Å². The summed E-state index contributed by atoms with van der Waals surface area (Å²) in [5.41, 5.74) is 0. The van der Waals surface area contributed by atoms with Crippen molar-refractivity contribution >= 4 is 21.8 Å². The lowest BCUT2D eigenvalue weighted by Crippen LogP contribution is -2.39. The van der Waals surface area contributed by atoms with E-state index in [9.17, 15) is 4.79 Å². The first-order chi connectivity index (χ1) is 7.29. The molecule has 1 saturated carbocycles. The minimum Gasteiger partial charge on any atom is -0.339 e.